The lowest BCUT2D eigenvalue weighted by atomic mass is 9.88. The molecule has 1 saturated heterocycles. The topological polar surface area (TPSA) is 70.2 Å². The molecule has 1 aromatic carbocycles. The highest BCUT2D eigenvalue weighted by molar-refractivity contribution is 6.04. The summed E-state index contributed by atoms with van der Waals surface area (Å²) in [5.74, 6) is 0.518. The molecule has 1 fully saturated rings. The van der Waals surface area contributed by atoms with Crippen molar-refractivity contribution in [2.24, 2.45) is 17.8 Å². The van der Waals surface area contributed by atoms with Gasteiger partial charge in [0.25, 0.3) is 5.91 Å². The quantitative estimate of drug-likeness (QED) is 0.744. The molecule has 2 amide bonds. The Morgan fingerprint density at radius 3 is 2.43 bits per heavy atom. The Bertz CT molecular complexity index is 544. The first kappa shape index (κ1) is 19.5. The zero-order valence-electron chi connectivity index (χ0n) is 13.9. The van der Waals surface area contributed by atoms with Gasteiger partial charge >= 0.3 is 0 Å². The average molecular weight is 340 g/mol. The van der Waals surface area contributed by atoms with Crippen molar-refractivity contribution in [2.75, 3.05) is 25.0 Å². The number of rotatable bonds is 6. The molecule has 1 aliphatic heterocycles. The van der Waals surface area contributed by atoms with Crippen molar-refractivity contribution in [3.05, 3.63) is 29.8 Å². The molecule has 1 aliphatic rings. The standard InChI is InChI=1S/C17H25N3O2.ClH/c1-11(2)8-19-17(22)14-6-4-5-7-15(14)20-16(21)12(3)13-9-18-10-13;/h4-7,11-13,18H,8-10H2,1-3H3,(H,19,22)(H,20,21);1H. The summed E-state index contributed by atoms with van der Waals surface area (Å²) in [6.45, 7) is 8.40. The van der Waals surface area contributed by atoms with Gasteiger partial charge in [0, 0.05) is 12.5 Å². The van der Waals surface area contributed by atoms with Crippen LogP contribution in [0.5, 0.6) is 0 Å². The normalized spacial score (nSPS) is 15.3. The van der Waals surface area contributed by atoms with Crippen molar-refractivity contribution in [2.45, 2.75) is 20.8 Å². The SMILES string of the molecule is CC(C)CNC(=O)c1ccccc1NC(=O)C(C)C1CNC1.Cl. The van der Waals surface area contributed by atoms with Crippen molar-refractivity contribution in [1.82, 2.24) is 10.6 Å². The molecule has 3 N–H and O–H groups in total. The van der Waals surface area contributed by atoms with Crippen LogP contribution >= 0.6 is 12.4 Å². The Hall–Kier alpha value is -1.59. The second kappa shape index (κ2) is 8.89. The predicted molar refractivity (Wildman–Crippen MR) is 95.0 cm³/mol. The van der Waals surface area contributed by atoms with E-state index in [0.29, 0.717) is 29.6 Å². The summed E-state index contributed by atoms with van der Waals surface area (Å²) >= 11 is 0. The third-order valence-electron chi connectivity index (χ3n) is 4.03. The number of hydrogen-bond acceptors (Lipinski definition) is 3. The average Bonchev–Trinajstić information content (AvgIpc) is 2.43. The maximum Gasteiger partial charge on any atom is 0.253 e. The van der Waals surface area contributed by atoms with Crippen LogP contribution in [0.25, 0.3) is 0 Å². The maximum atomic E-state index is 12.3. The Kier molecular flexibility index (Phi) is 7.52. The molecule has 0 spiro atoms. The molecule has 1 aromatic rings. The van der Waals surface area contributed by atoms with Crippen LogP contribution in [0.3, 0.4) is 0 Å². The van der Waals surface area contributed by atoms with E-state index in [1.54, 1.807) is 18.2 Å². The second-order valence-electron chi connectivity index (χ2n) is 6.35. The summed E-state index contributed by atoms with van der Waals surface area (Å²) in [7, 11) is 0. The van der Waals surface area contributed by atoms with Crippen molar-refractivity contribution in [3.8, 4) is 0 Å². The van der Waals surface area contributed by atoms with Crippen LogP contribution in [0.2, 0.25) is 0 Å². The molecule has 5 nitrogen and oxygen atoms in total. The van der Waals surface area contributed by atoms with Gasteiger partial charge in [-0.3, -0.25) is 9.59 Å². The molecule has 1 unspecified atom stereocenters. The Balaban J connectivity index is 0.00000264. The first-order valence-electron chi connectivity index (χ1n) is 7.88. The maximum absolute atomic E-state index is 12.3. The summed E-state index contributed by atoms with van der Waals surface area (Å²) in [5, 5.41) is 8.96. The molecular weight excluding hydrogens is 314 g/mol. The van der Waals surface area contributed by atoms with E-state index < -0.39 is 0 Å². The van der Waals surface area contributed by atoms with Crippen LogP contribution < -0.4 is 16.0 Å². The first-order valence-corrected chi connectivity index (χ1v) is 7.88. The van der Waals surface area contributed by atoms with E-state index in [9.17, 15) is 9.59 Å². The highest BCUT2D eigenvalue weighted by atomic mass is 35.5. The van der Waals surface area contributed by atoms with Crippen LogP contribution in [0.4, 0.5) is 5.69 Å². The van der Waals surface area contributed by atoms with Gasteiger partial charge in [-0.15, -0.1) is 12.4 Å². The number of carbonyl (C=O) groups is 2. The molecule has 0 aliphatic carbocycles. The van der Waals surface area contributed by atoms with Crippen LogP contribution in [0, 0.1) is 17.8 Å². The summed E-state index contributed by atoms with van der Waals surface area (Å²) in [6.07, 6.45) is 0. The molecule has 2 rings (SSSR count). The van der Waals surface area contributed by atoms with Gasteiger partial charge in [0.15, 0.2) is 0 Å². The fraction of sp³-hybridized carbons (Fsp3) is 0.529. The van der Waals surface area contributed by atoms with E-state index in [1.165, 1.54) is 0 Å². The minimum Gasteiger partial charge on any atom is -0.352 e. The number of anilines is 1. The molecule has 1 atom stereocenters. The van der Waals surface area contributed by atoms with Crippen molar-refractivity contribution in [3.63, 3.8) is 0 Å². The molecule has 0 radical (unpaired) electrons. The molecule has 0 saturated carbocycles. The molecule has 23 heavy (non-hydrogen) atoms. The smallest absolute Gasteiger partial charge is 0.253 e. The highest BCUT2D eigenvalue weighted by Gasteiger charge is 2.29. The van der Waals surface area contributed by atoms with Crippen LogP contribution in [-0.2, 0) is 4.79 Å². The summed E-state index contributed by atoms with van der Waals surface area (Å²) in [4.78, 5) is 24.6. The summed E-state index contributed by atoms with van der Waals surface area (Å²) < 4.78 is 0. The van der Waals surface area contributed by atoms with Gasteiger partial charge in [0.1, 0.15) is 0 Å². The van der Waals surface area contributed by atoms with Gasteiger partial charge in [-0.25, -0.2) is 0 Å². The molecule has 128 valence electrons. The predicted octanol–water partition coefficient (Wildman–Crippen LogP) is 2.29. The molecular formula is C17H26ClN3O2. The Morgan fingerprint density at radius 2 is 1.87 bits per heavy atom. The van der Waals surface area contributed by atoms with Crippen LogP contribution in [0.1, 0.15) is 31.1 Å². The van der Waals surface area contributed by atoms with Gasteiger partial charge in [-0.1, -0.05) is 32.9 Å². The highest BCUT2D eigenvalue weighted by Crippen LogP contribution is 2.20. The molecule has 6 heteroatoms. The van der Waals surface area contributed by atoms with E-state index >= 15 is 0 Å². The minimum absolute atomic E-state index is 0. The lowest BCUT2D eigenvalue weighted by molar-refractivity contribution is -0.121. The van der Waals surface area contributed by atoms with Crippen molar-refractivity contribution in [1.29, 1.82) is 0 Å². The van der Waals surface area contributed by atoms with Crippen LogP contribution in [0.15, 0.2) is 24.3 Å². The lowest BCUT2D eigenvalue weighted by Crippen LogP contribution is -2.48. The summed E-state index contributed by atoms with van der Waals surface area (Å²) in [6, 6.07) is 7.14. The third kappa shape index (κ3) is 5.22. The monoisotopic (exact) mass is 339 g/mol. The molecule has 0 bridgehead atoms. The van der Waals surface area contributed by atoms with E-state index in [4.69, 9.17) is 0 Å². The van der Waals surface area contributed by atoms with Crippen LogP contribution in [-0.4, -0.2) is 31.4 Å². The minimum atomic E-state index is -0.150. The largest absolute Gasteiger partial charge is 0.352 e. The van der Waals surface area contributed by atoms with E-state index in [1.807, 2.05) is 26.8 Å². The number of halogens is 1. The third-order valence-corrected chi connectivity index (χ3v) is 4.03. The molecule has 0 aromatic heterocycles. The number of amides is 2. The van der Waals surface area contributed by atoms with Gasteiger partial charge in [-0.05, 0) is 37.1 Å². The van der Waals surface area contributed by atoms with Gasteiger partial charge in [-0.2, -0.15) is 0 Å². The van der Waals surface area contributed by atoms with Gasteiger partial charge < -0.3 is 16.0 Å². The number of para-hydroxylation sites is 1. The molecule has 1 heterocycles. The number of hydrogen-bond donors (Lipinski definition) is 3. The second-order valence-corrected chi connectivity index (χ2v) is 6.35. The first-order chi connectivity index (χ1) is 10.5. The van der Waals surface area contributed by atoms with E-state index in [0.717, 1.165) is 13.1 Å². The number of nitrogens with one attached hydrogen (secondary N) is 3. The Morgan fingerprint density at radius 1 is 1.22 bits per heavy atom. The lowest BCUT2D eigenvalue weighted by Gasteiger charge is -2.31. The van der Waals surface area contributed by atoms with E-state index in [2.05, 4.69) is 16.0 Å². The Labute approximate surface area is 144 Å². The van der Waals surface area contributed by atoms with Gasteiger partial charge in [0.05, 0.1) is 11.3 Å². The summed E-state index contributed by atoms with van der Waals surface area (Å²) in [5.41, 5.74) is 1.09. The van der Waals surface area contributed by atoms with E-state index in [-0.39, 0.29) is 30.1 Å². The fourth-order valence-corrected chi connectivity index (χ4v) is 2.31. The zero-order valence-corrected chi connectivity index (χ0v) is 14.7. The number of benzene rings is 1. The number of carbonyl (C=O) groups excluding carboxylic acids is 2. The fourth-order valence-electron chi connectivity index (χ4n) is 2.31. The van der Waals surface area contributed by atoms with Crippen molar-refractivity contribution >= 4 is 29.9 Å². The van der Waals surface area contributed by atoms with Gasteiger partial charge in [0.2, 0.25) is 5.91 Å². The zero-order chi connectivity index (χ0) is 16.1. The van der Waals surface area contributed by atoms with Crippen molar-refractivity contribution < 1.29 is 9.59 Å².